The van der Waals surface area contributed by atoms with Crippen LogP contribution in [0.15, 0.2) is 78.9 Å². The summed E-state index contributed by atoms with van der Waals surface area (Å²) in [4.78, 5) is 31.2. The molecule has 1 N–H and O–H groups in total. The molecule has 2 atom stereocenters. The second-order valence-corrected chi connectivity index (χ2v) is 12.1. The van der Waals surface area contributed by atoms with Crippen molar-refractivity contribution in [3.63, 3.8) is 0 Å². The number of halogens is 3. The second kappa shape index (κ2) is 14.1. The first-order valence-corrected chi connectivity index (χ1v) is 15.8. The quantitative estimate of drug-likeness (QED) is 0.291. The molecule has 2 saturated heterocycles. The van der Waals surface area contributed by atoms with Crippen LogP contribution < -0.4 is 10.1 Å². The predicted molar refractivity (Wildman–Crippen MR) is 170 cm³/mol. The van der Waals surface area contributed by atoms with Crippen molar-refractivity contribution in [1.82, 2.24) is 40.2 Å². The van der Waals surface area contributed by atoms with Gasteiger partial charge >= 0.3 is 6.18 Å². The van der Waals surface area contributed by atoms with E-state index >= 15 is 0 Å². The van der Waals surface area contributed by atoms with Crippen molar-refractivity contribution < 1.29 is 27.5 Å². The van der Waals surface area contributed by atoms with E-state index in [1.807, 2.05) is 36.4 Å². The van der Waals surface area contributed by atoms with Crippen molar-refractivity contribution in [2.45, 2.75) is 37.6 Å². The van der Waals surface area contributed by atoms with Crippen molar-refractivity contribution in [3.8, 4) is 11.4 Å². The number of nitrogens with one attached hydrogen (secondary N) is 1. The zero-order valence-corrected chi connectivity index (χ0v) is 26.7. The molecule has 0 aliphatic carbocycles. The Bertz CT molecular complexity index is 1680. The average molecular weight is 663 g/mol. The maximum absolute atomic E-state index is 13.7. The number of carbonyl (C=O) groups excluding carboxylic acids is 2. The number of piperazine rings is 2. The standard InChI is InChI=1S/C34H37F3N8O3/c1-23(46)38-18-31(47)43-15-16-44-28(21-43)20-42(22-29(44)32(24-9-5-3-6-10-24)25-11-7-4-8-12-25)19-26-17-27(13-14-30(26)48-2)45-33(34(35,36)37)39-40-41-45/h3-14,17,28-29,32H,15-16,18-22H2,1-2H3,(H,38,46)/t28-,29+/m1/s1. The first-order valence-electron chi connectivity index (χ1n) is 15.8. The number of ether oxygens (including phenoxy) is 1. The summed E-state index contributed by atoms with van der Waals surface area (Å²) in [5, 5.41) is 12.7. The molecule has 11 nitrogen and oxygen atoms in total. The van der Waals surface area contributed by atoms with Crippen LogP contribution in [0.2, 0.25) is 0 Å². The van der Waals surface area contributed by atoms with E-state index in [1.54, 1.807) is 17.0 Å². The summed E-state index contributed by atoms with van der Waals surface area (Å²) in [7, 11) is 1.53. The van der Waals surface area contributed by atoms with Gasteiger partial charge in [-0.3, -0.25) is 19.4 Å². The van der Waals surface area contributed by atoms with Crippen molar-refractivity contribution in [1.29, 1.82) is 0 Å². The van der Waals surface area contributed by atoms with Gasteiger partial charge in [-0.1, -0.05) is 60.7 Å². The molecular weight excluding hydrogens is 625 g/mol. The lowest BCUT2D eigenvalue weighted by Crippen LogP contribution is -2.67. The number of hydrogen-bond donors (Lipinski definition) is 1. The minimum Gasteiger partial charge on any atom is -0.496 e. The lowest BCUT2D eigenvalue weighted by molar-refractivity contribution is -0.146. The van der Waals surface area contributed by atoms with E-state index in [2.05, 4.69) is 54.9 Å². The van der Waals surface area contributed by atoms with Crippen LogP contribution in [0, 0.1) is 0 Å². The molecule has 0 unspecified atom stereocenters. The van der Waals surface area contributed by atoms with Gasteiger partial charge in [0.05, 0.1) is 19.3 Å². The number of nitrogens with zero attached hydrogens (tertiary/aromatic N) is 7. The zero-order valence-electron chi connectivity index (χ0n) is 26.7. The van der Waals surface area contributed by atoms with E-state index in [4.69, 9.17) is 4.74 Å². The van der Waals surface area contributed by atoms with E-state index in [0.717, 1.165) is 11.1 Å². The molecule has 14 heteroatoms. The molecule has 2 aliphatic heterocycles. The van der Waals surface area contributed by atoms with Crippen LogP contribution in [0.5, 0.6) is 5.75 Å². The molecule has 0 saturated carbocycles. The molecule has 3 heterocycles. The van der Waals surface area contributed by atoms with Gasteiger partial charge in [-0.05, 0) is 39.8 Å². The van der Waals surface area contributed by atoms with Crippen LogP contribution >= 0.6 is 0 Å². The molecule has 0 radical (unpaired) electrons. The highest BCUT2D eigenvalue weighted by Gasteiger charge is 2.43. The van der Waals surface area contributed by atoms with Gasteiger partial charge in [-0.25, -0.2) is 0 Å². The number of amides is 2. The maximum Gasteiger partial charge on any atom is 0.453 e. The van der Waals surface area contributed by atoms with Crippen LogP contribution in [0.3, 0.4) is 0 Å². The number of methoxy groups -OCH3 is 1. The minimum absolute atomic E-state index is 0.00290. The molecule has 3 aromatic carbocycles. The van der Waals surface area contributed by atoms with Crippen molar-refractivity contribution in [2.24, 2.45) is 0 Å². The summed E-state index contributed by atoms with van der Waals surface area (Å²) in [6, 6.07) is 25.4. The number of tetrazole rings is 1. The summed E-state index contributed by atoms with van der Waals surface area (Å²) in [5.74, 6) is -1.09. The Balaban J connectivity index is 1.35. The number of carbonyl (C=O) groups is 2. The van der Waals surface area contributed by atoms with E-state index in [9.17, 15) is 22.8 Å². The molecule has 0 bridgehead atoms. The second-order valence-electron chi connectivity index (χ2n) is 12.1. The van der Waals surface area contributed by atoms with Crippen molar-refractivity contribution >= 4 is 11.8 Å². The SMILES string of the molecule is COc1ccc(-n2nnnc2C(F)(F)F)cc1CN1C[C@@H]2CN(C(=O)CNC(C)=O)CCN2[C@H](C(c2ccccc2)c2ccccc2)C1. The summed E-state index contributed by atoms with van der Waals surface area (Å²) >= 11 is 0. The fourth-order valence-corrected chi connectivity index (χ4v) is 6.93. The molecule has 2 fully saturated rings. The Morgan fingerprint density at radius 1 is 0.958 bits per heavy atom. The molecule has 1 aromatic heterocycles. The maximum atomic E-state index is 13.7. The van der Waals surface area contributed by atoms with Crippen molar-refractivity contribution in [2.75, 3.05) is 46.4 Å². The normalized spacial score (nSPS) is 18.8. The van der Waals surface area contributed by atoms with E-state index in [1.165, 1.54) is 20.1 Å². The van der Waals surface area contributed by atoms with Gasteiger partial charge in [-0.2, -0.15) is 17.9 Å². The molecule has 4 aromatic rings. The topological polar surface area (TPSA) is 109 Å². The molecule has 2 aliphatic rings. The van der Waals surface area contributed by atoms with Gasteiger partial charge in [-0.15, -0.1) is 5.10 Å². The largest absolute Gasteiger partial charge is 0.496 e. The van der Waals surface area contributed by atoms with Gasteiger partial charge in [0, 0.05) is 69.8 Å². The molecule has 252 valence electrons. The summed E-state index contributed by atoms with van der Waals surface area (Å²) in [6.45, 7) is 4.60. The average Bonchev–Trinajstić information content (AvgIpc) is 3.59. The number of fused-ring (bicyclic) bond motifs is 1. The smallest absolute Gasteiger partial charge is 0.453 e. The number of hydrogen-bond acceptors (Lipinski definition) is 8. The van der Waals surface area contributed by atoms with Gasteiger partial charge in [0.1, 0.15) is 5.75 Å². The molecule has 0 spiro atoms. The Labute approximate surface area is 276 Å². The van der Waals surface area contributed by atoms with E-state index in [-0.39, 0.29) is 42.0 Å². The number of aromatic nitrogens is 4. The number of alkyl halides is 3. The van der Waals surface area contributed by atoms with Crippen molar-refractivity contribution in [3.05, 3.63) is 101 Å². The Morgan fingerprint density at radius 2 is 1.65 bits per heavy atom. The highest BCUT2D eigenvalue weighted by atomic mass is 19.4. The first-order chi connectivity index (χ1) is 23.1. The van der Waals surface area contributed by atoms with Gasteiger partial charge in [0.2, 0.25) is 11.8 Å². The lowest BCUT2D eigenvalue weighted by Gasteiger charge is -2.53. The van der Waals surface area contributed by atoms with Gasteiger partial charge < -0.3 is 15.0 Å². The third-order valence-corrected chi connectivity index (χ3v) is 9.04. The zero-order chi connectivity index (χ0) is 33.8. The molecule has 6 rings (SSSR count). The highest BCUT2D eigenvalue weighted by Crippen LogP contribution is 2.37. The Morgan fingerprint density at radius 3 is 2.27 bits per heavy atom. The minimum atomic E-state index is -4.73. The molecular formula is C34H37F3N8O3. The fraction of sp³-hybridized carbons (Fsp3) is 0.382. The van der Waals surface area contributed by atoms with Crippen LogP contribution in [-0.2, 0) is 22.3 Å². The van der Waals surface area contributed by atoms with Gasteiger partial charge in [0.15, 0.2) is 0 Å². The van der Waals surface area contributed by atoms with Crippen LogP contribution in [0.25, 0.3) is 5.69 Å². The third-order valence-electron chi connectivity index (χ3n) is 9.04. The number of benzene rings is 3. The highest BCUT2D eigenvalue weighted by molar-refractivity contribution is 5.83. The Hall–Kier alpha value is -4.82. The van der Waals surface area contributed by atoms with Crippen LogP contribution in [-0.4, -0.2) is 105 Å². The predicted octanol–water partition coefficient (Wildman–Crippen LogP) is 3.35. The van der Waals surface area contributed by atoms with Crippen LogP contribution in [0.1, 0.15) is 35.4 Å². The van der Waals surface area contributed by atoms with E-state index < -0.39 is 12.0 Å². The monoisotopic (exact) mass is 662 g/mol. The van der Waals surface area contributed by atoms with Crippen LogP contribution in [0.4, 0.5) is 13.2 Å². The van der Waals surface area contributed by atoms with E-state index in [0.29, 0.717) is 55.3 Å². The summed E-state index contributed by atoms with van der Waals surface area (Å²) in [5.41, 5.74) is 3.17. The summed E-state index contributed by atoms with van der Waals surface area (Å²) in [6.07, 6.45) is -4.73. The Kier molecular flexibility index (Phi) is 9.73. The third kappa shape index (κ3) is 7.19. The number of rotatable bonds is 9. The fourth-order valence-electron chi connectivity index (χ4n) is 6.93. The summed E-state index contributed by atoms with van der Waals surface area (Å²) < 4.78 is 47.4. The lowest BCUT2D eigenvalue weighted by atomic mass is 9.81. The van der Waals surface area contributed by atoms with Gasteiger partial charge in [0.25, 0.3) is 5.82 Å². The molecule has 2 amide bonds. The first kappa shape index (κ1) is 33.1. The molecule has 48 heavy (non-hydrogen) atoms.